The molecule has 1 aromatic carbocycles. The zero-order valence-corrected chi connectivity index (χ0v) is 11.7. The van der Waals surface area contributed by atoms with Crippen LogP contribution in [0.15, 0.2) is 47.5 Å². The van der Waals surface area contributed by atoms with Gasteiger partial charge in [-0.15, -0.1) is 0 Å². The van der Waals surface area contributed by atoms with Crippen molar-refractivity contribution in [3.05, 3.63) is 48.3 Å². The number of rotatable bonds is 5. The van der Waals surface area contributed by atoms with Gasteiger partial charge in [-0.05, 0) is 24.3 Å². The molecule has 6 nitrogen and oxygen atoms in total. The molecular formula is C13H15N3O3S. The third-order valence-electron chi connectivity index (χ3n) is 2.64. The molecule has 2 aromatic rings. The molecule has 0 amide bonds. The minimum atomic E-state index is -3.67. The quantitative estimate of drug-likeness (QED) is 0.867. The maximum absolute atomic E-state index is 12.2. The third-order valence-corrected chi connectivity index (χ3v) is 4.01. The van der Waals surface area contributed by atoms with Crippen LogP contribution in [0.4, 0.5) is 5.69 Å². The number of nitrogens with two attached hydrogens (primary N) is 1. The zero-order chi connectivity index (χ0) is 14.6. The molecule has 0 bridgehead atoms. The average Bonchev–Trinajstić information content (AvgIpc) is 2.47. The molecule has 7 heteroatoms. The molecule has 1 heterocycles. The molecule has 106 valence electrons. The average molecular weight is 293 g/mol. The van der Waals surface area contributed by atoms with E-state index in [-0.39, 0.29) is 11.4 Å². The second-order valence-corrected chi connectivity index (χ2v) is 5.71. The second-order valence-electron chi connectivity index (χ2n) is 4.03. The van der Waals surface area contributed by atoms with E-state index in [1.165, 1.54) is 19.4 Å². The molecule has 0 unspecified atom stereocenters. The monoisotopic (exact) mass is 293 g/mol. The van der Waals surface area contributed by atoms with Crippen LogP contribution in [-0.2, 0) is 16.6 Å². The van der Waals surface area contributed by atoms with Crippen LogP contribution in [0.25, 0.3) is 0 Å². The van der Waals surface area contributed by atoms with Gasteiger partial charge in [0.2, 0.25) is 0 Å². The number of nitrogens with one attached hydrogen (secondary N) is 1. The highest BCUT2D eigenvalue weighted by Gasteiger charge is 2.14. The number of hydrogen-bond donors (Lipinski definition) is 2. The van der Waals surface area contributed by atoms with E-state index >= 15 is 0 Å². The number of nitrogens with zero attached hydrogens (tertiary/aromatic N) is 1. The van der Waals surface area contributed by atoms with Gasteiger partial charge >= 0.3 is 0 Å². The highest BCUT2D eigenvalue weighted by molar-refractivity contribution is 7.92. The van der Waals surface area contributed by atoms with Gasteiger partial charge in [-0.1, -0.05) is 6.07 Å². The largest absolute Gasteiger partial charge is 0.497 e. The Kier molecular flexibility index (Phi) is 4.21. The molecule has 0 radical (unpaired) electrons. The predicted molar refractivity (Wildman–Crippen MR) is 75.9 cm³/mol. The summed E-state index contributed by atoms with van der Waals surface area (Å²) >= 11 is 0. The van der Waals surface area contributed by atoms with Crippen molar-refractivity contribution in [2.24, 2.45) is 5.73 Å². The van der Waals surface area contributed by atoms with Crippen molar-refractivity contribution in [1.82, 2.24) is 4.98 Å². The normalized spacial score (nSPS) is 11.1. The van der Waals surface area contributed by atoms with E-state index in [9.17, 15) is 8.42 Å². The van der Waals surface area contributed by atoms with Crippen molar-refractivity contribution in [2.75, 3.05) is 11.8 Å². The summed E-state index contributed by atoms with van der Waals surface area (Å²) in [4.78, 5) is 4.05. The molecule has 3 N–H and O–H groups in total. The number of benzene rings is 1. The minimum Gasteiger partial charge on any atom is -0.497 e. The Labute approximate surface area is 117 Å². The minimum absolute atomic E-state index is 0.0810. The second kappa shape index (κ2) is 5.89. The Balaban J connectivity index is 2.25. The van der Waals surface area contributed by atoms with Gasteiger partial charge in [-0.25, -0.2) is 8.42 Å². The lowest BCUT2D eigenvalue weighted by molar-refractivity contribution is 0.415. The summed E-state index contributed by atoms with van der Waals surface area (Å²) < 4.78 is 31.9. The fourth-order valence-corrected chi connectivity index (χ4v) is 2.59. The number of anilines is 1. The van der Waals surface area contributed by atoms with Crippen LogP contribution >= 0.6 is 0 Å². The number of ether oxygens (including phenoxy) is 1. The number of hydrogen-bond acceptors (Lipinski definition) is 5. The van der Waals surface area contributed by atoms with Gasteiger partial charge in [-0.3, -0.25) is 9.71 Å². The summed E-state index contributed by atoms with van der Waals surface area (Å²) in [6.45, 7) is 0.268. The van der Waals surface area contributed by atoms with Gasteiger partial charge in [0.1, 0.15) is 10.6 Å². The van der Waals surface area contributed by atoms with Crippen LogP contribution in [-0.4, -0.2) is 20.5 Å². The summed E-state index contributed by atoms with van der Waals surface area (Å²) in [7, 11) is -2.16. The molecule has 0 aliphatic rings. The van der Waals surface area contributed by atoms with Gasteiger partial charge < -0.3 is 10.5 Å². The number of methoxy groups -OCH3 is 1. The lowest BCUT2D eigenvalue weighted by atomic mass is 10.3. The highest BCUT2D eigenvalue weighted by atomic mass is 32.2. The van der Waals surface area contributed by atoms with Crippen molar-refractivity contribution in [3.63, 3.8) is 0 Å². The van der Waals surface area contributed by atoms with E-state index in [0.717, 1.165) is 0 Å². The molecule has 1 aromatic heterocycles. The molecule has 0 aliphatic heterocycles. The summed E-state index contributed by atoms with van der Waals surface area (Å²) in [6.07, 6.45) is 1.28. The smallest absolute Gasteiger partial charge is 0.263 e. The maximum atomic E-state index is 12.2. The number of sulfonamides is 1. The topological polar surface area (TPSA) is 94.3 Å². The summed E-state index contributed by atoms with van der Waals surface area (Å²) in [5, 5.41) is 0. The fourth-order valence-electron chi connectivity index (χ4n) is 1.59. The van der Waals surface area contributed by atoms with E-state index in [1.807, 2.05) is 0 Å². The maximum Gasteiger partial charge on any atom is 0.263 e. The van der Waals surface area contributed by atoms with Gasteiger partial charge in [0.05, 0.1) is 18.5 Å². The molecule has 0 atom stereocenters. The van der Waals surface area contributed by atoms with Gasteiger partial charge in [0, 0.05) is 18.8 Å². The number of aromatic nitrogens is 1. The highest BCUT2D eigenvalue weighted by Crippen LogP contribution is 2.20. The lowest BCUT2D eigenvalue weighted by Gasteiger charge is -2.09. The molecule has 0 fully saturated rings. The van der Waals surface area contributed by atoms with Crippen LogP contribution < -0.4 is 15.2 Å². The van der Waals surface area contributed by atoms with Crippen LogP contribution in [0, 0.1) is 0 Å². The molecule has 2 rings (SSSR count). The Morgan fingerprint density at radius 1 is 1.30 bits per heavy atom. The number of pyridine rings is 1. The van der Waals surface area contributed by atoms with E-state index in [1.54, 1.807) is 30.3 Å². The Morgan fingerprint density at radius 3 is 2.70 bits per heavy atom. The van der Waals surface area contributed by atoms with E-state index in [0.29, 0.717) is 17.1 Å². The summed E-state index contributed by atoms with van der Waals surface area (Å²) in [5.41, 5.74) is 6.48. The van der Waals surface area contributed by atoms with E-state index in [4.69, 9.17) is 10.5 Å². The first kappa shape index (κ1) is 14.3. The zero-order valence-electron chi connectivity index (χ0n) is 10.9. The van der Waals surface area contributed by atoms with Gasteiger partial charge in [0.25, 0.3) is 10.0 Å². The molecular weight excluding hydrogens is 278 g/mol. The van der Waals surface area contributed by atoms with Gasteiger partial charge in [0.15, 0.2) is 0 Å². The first-order valence-electron chi connectivity index (χ1n) is 5.87. The predicted octanol–water partition coefficient (Wildman–Crippen LogP) is 1.35. The van der Waals surface area contributed by atoms with Crippen molar-refractivity contribution in [2.45, 2.75) is 11.4 Å². The Hall–Kier alpha value is -2.12. The van der Waals surface area contributed by atoms with E-state index < -0.39 is 10.0 Å². The first-order valence-corrected chi connectivity index (χ1v) is 7.35. The van der Waals surface area contributed by atoms with Crippen molar-refractivity contribution < 1.29 is 13.2 Å². The van der Waals surface area contributed by atoms with Crippen LogP contribution in [0.1, 0.15) is 5.69 Å². The molecule has 0 aliphatic carbocycles. The van der Waals surface area contributed by atoms with Crippen LogP contribution in [0.5, 0.6) is 5.75 Å². The van der Waals surface area contributed by atoms with Crippen molar-refractivity contribution in [3.8, 4) is 5.75 Å². The first-order chi connectivity index (χ1) is 9.55. The Bertz CT molecular complexity index is 684. The fraction of sp³-hybridized carbons (Fsp3) is 0.154. The van der Waals surface area contributed by atoms with Crippen LogP contribution in [0.3, 0.4) is 0 Å². The molecule has 0 saturated carbocycles. The van der Waals surface area contributed by atoms with Gasteiger partial charge in [-0.2, -0.15) is 0 Å². The van der Waals surface area contributed by atoms with Crippen molar-refractivity contribution >= 4 is 15.7 Å². The standard InChI is InChI=1S/C13H15N3O3S/c1-19-12-4-2-3-10(7-12)16-20(17,18)13-6-5-11(8-14)15-9-13/h2-7,9,16H,8,14H2,1H3. The molecule has 0 spiro atoms. The van der Waals surface area contributed by atoms with Crippen LogP contribution in [0.2, 0.25) is 0 Å². The Morgan fingerprint density at radius 2 is 2.10 bits per heavy atom. The summed E-state index contributed by atoms with van der Waals surface area (Å²) in [6, 6.07) is 9.72. The van der Waals surface area contributed by atoms with Crippen molar-refractivity contribution in [1.29, 1.82) is 0 Å². The lowest BCUT2D eigenvalue weighted by Crippen LogP contribution is -2.13. The molecule has 20 heavy (non-hydrogen) atoms. The van der Waals surface area contributed by atoms with E-state index in [2.05, 4.69) is 9.71 Å². The third kappa shape index (κ3) is 3.25. The SMILES string of the molecule is COc1cccc(NS(=O)(=O)c2ccc(CN)nc2)c1. The molecule has 0 saturated heterocycles. The summed E-state index contributed by atoms with van der Waals surface area (Å²) in [5.74, 6) is 0.571.